The van der Waals surface area contributed by atoms with Gasteiger partial charge in [0.2, 0.25) is 17.7 Å². The minimum absolute atomic E-state index is 0.00910. The maximum absolute atomic E-state index is 14.0. The van der Waals surface area contributed by atoms with Gasteiger partial charge in [-0.15, -0.1) is 0 Å². The lowest BCUT2D eigenvalue weighted by molar-refractivity contribution is -0.154. The van der Waals surface area contributed by atoms with E-state index >= 15 is 0 Å². The van der Waals surface area contributed by atoms with Crippen LogP contribution in [0.2, 0.25) is 0 Å². The van der Waals surface area contributed by atoms with Crippen LogP contribution in [0.1, 0.15) is 85.1 Å². The summed E-state index contributed by atoms with van der Waals surface area (Å²) in [7, 11) is 0. The molecule has 2 aliphatic rings. The molecule has 2 amide bonds. The van der Waals surface area contributed by atoms with Gasteiger partial charge in [-0.25, -0.2) is 23.3 Å². The number of pyridine rings is 1. The summed E-state index contributed by atoms with van der Waals surface area (Å²) in [6.07, 6.45) is -6.21. The fourth-order valence-corrected chi connectivity index (χ4v) is 5.47. The number of imidazole rings is 1. The highest BCUT2D eigenvalue weighted by molar-refractivity contribution is 5.94. The maximum atomic E-state index is 14.0. The first-order valence-corrected chi connectivity index (χ1v) is 14.6. The Hall–Kier alpha value is -4.05. The Kier molecular flexibility index (Phi) is 9.40. The molecule has 2 saturated carbocycles. The van der Waals surface area contributed by atoms with E-state index in [0.717, 1.165) is 25.1 Å². The van der Waals surface area contributed by atoms with E-state index in [1.54, 1.807) is 6.07 Å². The molecule has 17 heteroatoms. The van der Waals surface area contributed by atoms with Crippen LogP contribution in [-0.4, -0.2) is 56.3 Å². The third-order valence-corrected chi connectivity index (χ3v) is 7.98. The lowest BCUT2D eigenvalue weighted by atomic mass is 9.81. The molecule has 0 radical (unpaired) electrons. The Morgan fingerprint density at radius 3 is 2.33 bits per heavy atom. The van der Waals surface area contributed by atoms with Crippen molar-refractivity contribution in [2.45, 2.75) is 81.7 Å². The molecule has 0 saturated heterocycles. The number of hydrogen-bond donors (Lipinski definition) is 2. The third kappa shape index (κ3) is 9.02. The van der Waals surface area contributed by atoms with Gasteiger partial charge in [0, 0.05) is 37.1 Å². The van der Waals surface area contributed by atoms with E-state index in [0.29, 0.717) is 5.56 Å². The molecule has 0 spiro atoms. The van der Waals surface area contributed by atoms with Crippen molar-refractivity contribution in [1.82, 2.24) is 30.2 Å². The molecule has 2 N–H and O–H groups in total. The smallest absolute Gasteiger partial charge is 0.422 e. The van der Waals surface area contributed by atoms with Crippen molar-refractivity contribution in [3.63, 3.8) is 0 Å². The first-order valence-electron chi connectivity index (χ1n) is 14.6. The van der Waals surface area contributed by atoms with Crippen molar-refractivity contribution >= 4 is 17.5 Å². The first kappa shape index (κ1) is 33.3. The molecule has 3 aromatic rings. The number of nitrogens with one attached hydrogen (secondary N) is 2. The van der Waals surface area contributed by atoms with Crippen molar-refractivity contribution in [2.75, 3.05) is 6.61 Å². The Bertz CT molecular complexity index is 1550. The Morgan fingerprint density at radius 1 is 0.978 bits per heavy atom. The number of halogens is 8. The summed E-state index contributed by atoms with van der Waals surface area (Å²) < 4.78 is 110. The van der Waals surface area contributed by atoms with Gasteiger partial charge in [0.05, 0.1) is 36.6 Å². The largest absolute Gasteiger partial charge is 0.468 e. The molecule has 0 unspecified atom stereocenters. The molecule has 2 fully saturated rings. The van der Waals surface area contributed by atoms with E-state index in [1.807, 2.05) is 0 Å². The summed E-state index contributed by atoms with van der Waals surface area (Å²) in [5, 5.41) is 9.79. The van der Waals surface area contributed by atoms with Gasteiger partial charge in [-0.1, -0.05) is 0 Å². The number of alkyl halides is 8. The number of carbonyl (C=O) groups excluding carboxylic acids is 2. The van der Waals surface area contributed by atoms with Crippen LogP contribution in [0.15, 0.2) is 36.8 Å². The summed E-state index contributed by atoms with van der Waals surface area (Å²) in [5.74, 6) is -5.23. The molecule has 250 valence electrons. The fraction of sp³-hybridized carbons (Fsp3) is 0.552. The van der Waals surface area contributed by atoms with Gasteiger partial charge in [0.25, 0.3) is 5.91 Å². The van der Waals surface area contributed by atoms with Crippen LogP contribution in [0.3, 0.4) is 0 Å². The zero-order valence-electron chi connectivity index (χ0n) is 24.2. The summed E-state index contributed by atoms with van der Waals surface area (Å²) in [6.45, 7) is -1.61. The van der Waals surface area contributed by atoms with Gasteiger partial charge < -0.3 is 15.4 Å². The SMILES string of the molecule is O=C(CCC(F)(F)F)N[C@@H](c1cnn2cc([C@@H](NC(=O)c3ccnc(OCC(F)(F)F)c3)C3CCC(F)(F)CC3)nc2c1)C1CC1. The lowest BCUT2D eigenvalue weighted by Gasteiger charge is -2.33. The Balaban J connectivity index is 1.38. The summed E-state index contributed by atoms with van der Waals surface area (Å²) in [6, 6.07) is 2.44. The number of carbonyl (C=O) groups is 2. The molecule has 2 atom stereocenters. The van der Waals surface area contributed by atoms with Gasteiger partial charge >= 0.3 is 12.4 Å². The van der Waals surface area contributed by atoms with E-state index < -0.39 is 86.3 Å². The second-order valence-corrected chi connectivity index (χ2v) is 11.7. The number of rotatable bonds is 11. The number of aromatic nitrogens is 4. The maximum Gasteiger partial charge on any atom is 0.422 e. The summed E-state index contributed by atoms with van der Waals surface area (Å²) in [4.78, 5) is 33.9. The average Bonchev–Trinajstić information content (AvgIpc) is 3.74. The second kappa shape index (κ2) is 13.0. The van der Waals surface area contributed by atoms with Crippen LogP contribution < -0.4 is 15.4 Å². The predicted molar refractivity (Wildman–Crippen MR) is 145 cm³/mol. The van der Waals surface area contributed by atoms with Crippen LogP contribution >= 0.6 is 0 Å². The number of amides is 2. The van der Waals surface area contributed by atoms with Crippen molar-refractivity contribution in [1.29, 1.82) is 0 Å². The summed E-state index contributed by atoms with van der Waals surface area (Å²) in [5.41, 5.74) is 1.02. The van der Waals surface area contributed by atoms with Gasteiger partial charge in [-0.05, 0) is 55.2 Å². The Labute approximate surface area is 257 Å². The number of hydrogen-bond acceptors (Lipinski definition) is 6. The van der Waals surface area contributed by atoms with E-state index in [4.69, 9.17) is 0 Å². The summed E-state index contributed by atoms with van der Waals surface area (Å²) >= 11 is 0. The number of nitrogens with zero attached hydrogens (tertiary/aromatic N) is 4. The molecular weight excluding hydrogens is 632 g/mol. The van der Waals surface area contributed by atoms with Crippen molar-refractivity contribution < 1.29 is 49.4 Å². The monoisotopic (exact) mass is 662 g/mol. The van der Waals surface area contributed by atoms with E-state index in [1.165, 1.54) is 23.0 Å². The zero-order valence-corrected chi connectivity index (χ0v) is 24.2. The minimum Gasteiger partial charge on any atom is -0.468 e. The van der Waals surface area contributed by atoms with Crippen molar-refractivity contribution in [3.05, 3.63) is 53.6 Å². The standard InChI is InChI=1S/C29H30F8N6O3/c30-27(31)7-3-17(4-8-27)25(42-26(45)18-6-10-38-23(12-18)46-15-29(35,36)37)20-14-43-21(40-20)11-19(13-39-43)24(16-1-2-16)41-22(44)5-9-28(32,33)34/h6,10-14,16-17,24-25H,1-5,7-9,15H2,(H,41,44)(H,42,45)/t24-,25+/m1/s1. The normalized spacial score (nSPS) is 18.6. The zero-order chi connectivity index (χ0) is 33.3. The molecule has 0 bridgehead atoms. The lowest BCUT2D eigenvalue weighted by Crippen LogP contribution is -2.37. The first-order chi connectivity index (χ1) is 21.6. The molecule has 0 aromatic carbocycles. The highest BCUT2D eigenvalue weighted by Gasteiger charge is 2.40. The van der Waals surface area contributed by atoms with E-state index in [9.17, 15) is 44.7 Å². The molecule has 3 heterocycles. The molecular formula is C29H30F8N6O3. The number of ether oxygens (including phenoxy) is 1. The van der Waals surface area contributed by atoms with Gasteiger partial charge in [0.1, 0.15) is 0 Å². The van der Waals surface area contributed by atoms with E-state index in [2.05, 4.69) is 30.4 Å². The highest BCUT2D eigenvalue weighted by atomic mass is 19.4. The van der Waals surface area contributed by atoms with Gasteiger partial charge in [-0.3, -0.25) is 9.59 Å². The molecule has 5 rings (SSSR count). The molecule has 2 aliphatic carbocycles. The molecule has 3 aromatic heterocycles. The van der Waals surface area contributed by atoms with Gasteiger partial charge in [0.15, 0.2) is 12.3 Å². The molecule has 0 aliphatic heterocycles. The highest BCUT2D eigenvalue weighted by Crippen LogP contribution is 2.43. The van der Waals surface area contributed by atoms with Crippen LogP contribution in [0.5, 0.6) is 5.88 Å². The average molecular weight is 663 g/mol. The van der Waals surface area contributed by atoms with Gasteiger partial charge in [-0.2, -0.15) is 31.4 Å². The van der Waals surface area contributed by atoms with Crippen LogP contribution in [0.25, 0.3) is 5.65 Å². The van der Waals surface area contributed by atoms with E-state index in [-0.39, 0.29) is 35.7 Å². The molecule has 9 nitrogen and oxygen atoms in total. The number of fused-ring (bicyclic) bond motifs is 1. The van der Waals surface area contributed by atoms with Crippen LogP contribution in [0.4, 0.5) is 35.1 Å². The Morgan fingerprint density at radius 2 is 1.67 bits per heavy atom. The third-order valence-electron chi connectivity index (χ3n) is 7.98. The second-order valence-electron chi connectivity index (χ2n) is 11.7. The quantitative estimate of drug-likeness (QED) is 0.234. The topological polar surface area (TPSA) is 111 Å². The fourth-order valence-electron chi connectivity index (χ4n) is 5.47. The van der Waals surface area contributed by atoms with Crippen LogP contribution in [-0.2, 0) is 4.79 Å². The van der Waals surface area contributed by atoms with Crippen LogP contribution in [0, 0.1) is 11.8 Å². The van der Waals surface area contributed by atoms with Crippen molar-refractivity contribution in [3.8, 4) is 5.88 Å². The minimum atomic E-state index is -4.62. The molecule has 46 heavy (non-hydrogen) atoms. The van der Waals surface area contributed by atoms with Crippen molar-refractivity contribution in [2.24, 2.45) is 11.8 Å². The predicted octanol–water partition coefficient (Wildman–Crippen LogP) is 6.27.